The number of aromatic nitrogens is 2. The van der Waals surface area contributed by atoms with Gasteiger partial charge in [0.05, 0.1) is 6.42 Å². The molecule has 0 saturated carbocycles. The van der Waals surface area contributed by atoms with Crippen molar-refractivity contribution in [1.82, 2.24) is 10.2 Å². The number of benzene rings is 3. The van der Waals surface area contributed by atoms with Crippen LogP contribution in [-0.4, -0.2) is 16.1 Å². The van der Waals surface area contributed by atoms with E-state index in [2.05, 4.69) is 41.5 Å². The molecule has 164 valence electrons. The van der Waals surface area contributed by atoms with E-state index in [0.29, 0.717) is 29.2 Å². The highest BCUT2D eigenvalue weighted by Gasteiger charge is 2.18. The van der Waals surface area contributed by atoms with Gasteiger partial charge in [0.25, 0.3) is 5.91 Å². The van der Waals surface area contributed by atoms with Gasteiger partial charge in [-0.15, -0.1) is 5.10 Å². The number of hydrogen-bond acceptors (Lipinski definition) is 6. The molecule has 0 aliphatic rings. The zero-order chi connectivity index (χ0) is 22.9. The van der Waals surface area contributed by atoms with Gasteiger partial charge in [0.15, 0.2) is 0 Å². The summed E-state index contributed by atoms with van der Waals surface area (Å²) in [7, 11) is 0. The van der Waals surface area contributed by atoms with Crippen molar-refractivity contribution >= 4 is 33.7 Å². The van der Waals surface area contributed by atoms with E-state index in [9.17, 15) is 9.59 Å². The van der Waals surface area contributed by atoms with E-state index < -0.39 is 11.5 Å². The molecule has 2 aromatic heterocycles. The molecule has 2 heterocycles. The van der Waals surface area contributed by atoms with Crippen LogP contribution in [0.3, 0.4) is 0 Å². The molecule has 3 aromatic carbocycles. The average molecular weight is 439 g/mol. The number of fused-ring (bicyclic) bond motifs is 3. The summed E-state index contributed by atoms with van der Waals surface area (Å²) in [6.45, 7) is 4.28. The van der Waals surface area contributed by atoms with Gasteiger partial charge in [-0.05, 0) is 39.9 Å². The normalized spacial score (nSPS) is 11.4. The summed E-state index contributed by atoms with van der Waals surface area (Å²) in [5.41, 5.74) is 1.81. The lowest BCUT2D eigenvalue weighted by Gasteiger charge is -2.05. The molecule has 33 heavy (non-hydrogen) atoms. The SMILES string of the molecule is CC(C)c1ccc(Cc2nnc(NC(=O)c3cc4c(ccc5ccccc54)oc3=O)o2)cc1. The highest BCUT2D eigenvalue weighted by atomic mass is 16.4. The number of hydrogen-bond donors (Lipinski definition) is 1. The lowest BCUT2D eigenvalue weighted by molar-refractivity contribution is 0.102. The maximum Gasteiger partial charge on any atom is 0.349 e. The van der Waals surface area contributed by atoms with Gasteiger partial charge >= 0.3 is 11.6 Å². The Bertz CT molecular complexity index is 1530. The average Bonchev–Trinajstić information content (AvgIpc) is 3.25. The van der Waals surface area contributed by atoms with Crippen LogP contribution in [0.25, 0.3) is 21.7 Å². The van der Waals surface area contributed by atoms with Crippen molar-refractivity contribution in [3.63, 3.8) is 0 Å². The fourth-order valence-electron chi connectivity index (χ4n) is 3.76. The molecule has 0 spiro atoms. The summed E-state index contributed by atoms with van der Waals surface area (Å²) in [6.07, 6.45) is 0.436. The van der Waals surface area contributed by atoms with Crippen molar-refractivity contribution in [1.29, 1.82) is 0 Å². The Morgan fingerprint density at radius 2 is 1.73 bits per heavy atom. The van der Waals surface area contributed by atoms with Crippen LogP contribution in [-0.2, 0) is 6.42 Å². The van der Waals surface area contributed by atoms with Gasteiger partial charge in [-0.3, -0.25) is 10.1 Å². The number of amides is 1. The number of anilines is 1. The van der Waals surface area contributed by atoms with Crippen LogP contribution in [0.15, 0.2) is 80.4 Å². The molecule has 0 aliphatic carbocycles. The zero-order valence-electron chi connectivity index (χ0n) is 18.2. The predicted molar refractivity (Wildman–Crippen MR) is 126 cm³/mol. The van der Waals surface area contributed by atoms with Crippen LogP contribution >= 0.6 is 0 Å². The summed E-state index contributed by atoms with van der Waals surface area (Å²) in [5.74, 6) is 0.143. The zero-order valence-corrected chi connectivity index (χ0v) is 18.2. The molecule has 0 aliphatic heterocycles. The summed E-state index contributed by atoms with van der Waals surface area (Å²) in [6, 6.07) is 20.9. The molecule has 7 nitrogen and oxygen atoms in total. The summed E-state index contributed by atoms with van der Waals surface area (Å²) in [5, 5.41) is 12.9. The van der Waals surface area contributed by atoms with E-state index >= 15 is 0 Å². The molecule has 7 heteroatoms. The predicted octanol–water partition coefficient (Wildman–Crippen LogP) is 5.30. The molecular formula is C26H21N3O4. The Morgan fingerprint density at radius 1 is 0.939 bits per heavy atom. The van der Waals surface area contributed by atoms with E-state index in [0.717, 1.165) is 16.3 Å². The van der Waals surface area contributed by atoms with Gasteiger partial charge in [0, 0.05) is 5.39 Å². The van der Waals surface area contributed by atoms with Crippen LogP contribution < -0.4 is 10.9 Å². The van der Waals surface area contributed by atoms with E-state index in [1.54, 1.807) is 6.07 Å². The first-order valence-electron chi connectivity index (χ1n) is 10.7. The Morgan fingerprint density at radius 3 is 2.52 bits per heavy atom. The molecule has 1 amide bonds. The number of carbonyl (C=O) groups is 1. The van der Waals surface area contributed by atoms with E-state index in [1.165, 1.54) is 11.6 Å². The molecule has 5 rings (SSSR count). The minimum absolute atomic E-state index is 0.0776. The lowest BCUT2D eigenvalue weighted by Crippen LogP contribution is -2.20. The molecule has 0 bridgehead atoms. The van der Waals surface area contributed by atoms with Crippen molar-refractivity contribution < 1.29 is 13.6 Å². The van der Waals surface area contributed by atoms with Gasteiger partial charge in [-0.2, -0.15) is 0 Å². The Labute approximate surface area is 189 Å². The van der Waals surface area contributed by atoms with Crippen molar-refractivity contribution in [2.24, 2.45) is 0 Å². The molecule has 0 atom stereocenters. The largest absolute Gasteiger partial charge is 0.422 e. The van der Waals surface area contributed by atoms with Gasteiger partial charge in [0.2, 0.25) is 5.89 Å². The standard InChI is InChI=1S/C26H21N3O4/c1-15(2)17-9-7-16(8-10-17)13-23-28-29-26(33-23)27-24(30)21-14-20-19-6-4-3-5-18(19)11-12-22(20)32-25(21)31/h3-12,14-15H,13H2,1-2H3,(H,27,29,30). The fraction of sp³-hybridized carbons (Fsp3) is 0.154. The second-order valence-electron chi connectivity index (χ2n) is 8.17. The summed E-state index contributed by atoms with van der Waals surface area (Å²) >= 11 is 0. The number of nitrogens with one attached hydrogen (secondary N) is 1. The van der Waals surface area contributed by atoms with Crippen molar-refractivity contribution in [3.05, 3.63) is 99.7 Å². The molecule has 1 N–H and O–H groups in total. The summed E-state index contributed by atoms with van der Waals surface area (Å²) in [4.78, 5) is 25.2. The Hall–Kier alpha value is -4.26. The molecule has 0 radical (unpaired) electrons. The van der Waals surface area contributed by atoms with E-state index in [1.807, 2.05) is 42.5 Å². The van der Waals surface area contributed by atoms with Crippen LogP contribution in [0.2, 0.25) is 0 Å². The molecule has 0 unspecified atom stereocenters. The van der Waals surface area contributed by atoms with Crippen molar-refractivity contribution in [2.45, 2.75) is 26.2 Å². The topological polar surface area (TPSA) is 98.2 Å². The van der Waals surface area contributed by atoms with Gasteiger partial charge in [0.1, 0.15) is 11.1 Å². The van der Waals surface area contributed by atoms with E-state index in [4.69, 9.17) is 8.83 Å². The second-order valence-corrected chi connectivity index (χ2v) is 8.17. The van der Waals surface area contributed by atoms with Crippen molar-refractivity contribution in [2.75, 3.05) is 5.32 Å². The summed E-state index contributed by atoms with van der Waals surface area (Å²) < 4.78 is 11.0. The molecule has 5 aromatic rings. The highest BCUT2D eigenvalue weighted by Crippen LogP contribution is 2.25. The van der Waals surface area contributed by atoms with Gasteiger partial charge in [-0.1, -0.05) is 73.5 Å². The molecular weight excluding hydrogens is 418 g/mol. The molecule has 0 saturated heterocycles. The third-order valence-corrected chi connectivity index (χ3v) is 5.58. The van der Waals surface area contributed by atoms with Crippen molar-refractivity contribution in [3.8, 4) is 0 Å². The quantitative estimate of drug-likeness (QED) is 0.295. The number of carbonyl (C=O) groups excluding carboxylic acids is 1. The first-order chi connectivity index (χ1) is 16.0. The monoisotopic (exact) mass is 439 g/mol. The Balaban J connectivity index is 1.37. The van der Waals surface area contributed by atoms with Gasteiger partial charge in [-0.25, -0.2) is 4.79 Å². The maximum absolute atomic E-state index is 12.8. The number of nitrogens with zero attached hydrogens (tertiary/aromatic N) is 2. The third-order valence-electron chi connectivity index (χ3n) is 5.58. The van der Waals surface area contributed by atoms with Crippen LogP contribution in [0.4, 0.5) is 6.01 Å². The fourth-order valence-corrected chi connectivity index (χ4v) is 3.76. The minimum Gasteiger partial charge on any atom is -0.422 e. The number of rotatable bonds is 5. The first kappa shape index (κ1) is 20.6. The van der Waals surface area contributed by atoms with Crippen LogP contribution in [0, 0.1) is 0 Å². The van der Waals surface area contributed by atoms with Crippen LogP contribution in [0.5, 0.6) is 0 Å². The lowest BCUT2D eigenvalue weighted by atomic mass is 10.0. The van der Waals surface area contributed by atoms with Gasteiger partial charge < -0.3 is 8.83 Å². The third kappa shape index (κ3) is 4.13. The smallest absolute Gasteiger partial charge is 0.349 e. The maximum atomic E-state index is 12.8. The minimum atomic E-state index is -0.736. The first-order valence-corrected chi connectivity index (χ1v) is 10.7. The highest BCUT2D eigenvalue weighted by molar-refractivity contribution is 6.09. The van der Waals surface area contributed by atoms with Crippen LogP contribution in [0.1, 0.15) is 47.1 Å². The molecule has 0 fully saturated rings. The Kier molecular flexibility index (Phi) is 5.22. The van der Waals surface area contributed by atoms with E-state index in [-0.39, 0.29) is 11.6 Å². The second kappa shape index (κ2) is 8.35.